The summed E-state index contributed by atoms with van der Waals surface area (Å²) in [7, 11) is 0. The van der Waals surface area contributed by atoms with E-state index in [-0.39, 0.29) is 6.42 Å². The van der Waals surface area contributed by atoms with Crippen LogP contribution in [0.15, 0.2) is 12.3 Å². The highest BCUT2D eigenvalue weighted by molar-refractivity contribution is 6.52. The minimum absolute atomic E-state index is 0.198. The van der Waals surface area contributed by atoms with Crippen molar-refractivity contribution in [1.82, 2.24) is 10.2 Å². The normalized spacial score (nSPS) is 21.5. The first-order valence-corrected chi connectivity index (χ1v) is 5.55. The number of hydrogen-bond acceptors (Lipinski definition) is 3. The van der Waals surface area contributed by atoms with Gasteiger partial charge in [-0.05, 0) is 12.5 Å². The fourth-order valence-corrected chi connectivity index (χ4v) is 1.86. The molecule has 0 saturated heterocycles. The van der Waals surface area contributed by atoms with Crippen LogP contribution in [0.25, 0.3) is 0 Å². The van der Waals surface area contributed by atoms with E-state index in [1.165, 1.54) is 0 Å². The fourth-order valence-electron chi connectivity index (χ4n) is 1.35. The summed E-state index contributed by atoms with van der Waals surface area (Å²) in [5.74, 6) is -2.08. The van der Waals surface area contributed by atoms with Gasteiger partial charge in [0.15, 0.2) is 5.82 Å². The van der Waals surface area contributed by atoms with Crippen molar-refractivity contribution in [2.45, 2.75) is 16.9 Å². The van der Waals surface area contributed by atoms with Gasteiger partial charge in [-0.25, -0.2) is 0 Å². The summed E-state index contributed by atoms with van der Waals surface area (Å²) < 4.78 is 36.6. The van der Waals surface area contributed by atoms with Gasteiger partial charge in [-0.2, -0.15) is 18.3 Å². The van der Waals surface area contributed by atoms with Crippen molar-refractivity contribution < 1.29 is 18.0 Å². The Labute approximate surface area is 109 Å². The van der Waals surface area contributed by atoms with Crippen LogP contribution < -0.4 is 5.32 Å². The molecule has 1 N–H and O–H groups in total. The predicted molar refractivity (Wildman–Crippen MR) is 58.2 cm³/mol. The fraction of sp³-hybridized carbons (Fsp3) is 0.444. The number of alkyl halides is 5. The summed E-state index contributed by atoms with van der Waals surface area (Å²) in [6, 6.07) is 0.726. The third-order valence-corrected chi connectivity index (χ3v) is 3.25. The Morgan fingerprint density at radius 2 is 2.11 bits per heavy atom. The molecule has 2 rings (SSSR count). The smallest absolute Gasteiger partial charge is 0.308 e. The van der Waals surface area contributed by atoms with E-state index in [2.05, 4.69) is 10.2 Å². The largest absolute Gasteiger partial charge is 0.420 e. The molecule has 0 radical (unpaired) electrons. The van der Waals surface area contributed by atoms with Crippen LogP contribution in [-0.2, 0) is 11.0 Å². The Kier molecular flexibility index (Phi) is 3.14. The van der Waals surface area contributed by atoms with Gasteiger partial charge in [-0.15, -0.1) is 28.3 Å². The molecule has 1 saturated carbocycles. The molecule has 1 amide bonds. The second-order valence-corrected chi connectivity index (χ2v) is 5.34. The predicted octanol–water partition coefficient (Wildman–Crippen LogP) is 2.63. The quantitative estimate of drug-likeness (QED) is 0.854. The maximum Gasteiger partial charge on any atom is 0.420 e. The van der Waals surface area contributed by atoms with Gasteiger partial charge in [0.05, 0.1) is 12.1 Å². The Morgan fingerprint density at radius 3 is 2.61 bits per heavy atom. The number of amides is 1. The molecule has 1 aliphatic carbocycles. The van der Waals surface area contributed by atoms with Gasteiger partial charge in [-0.3, -0.25) is 4.79 Å². The molecule has 1 aromatic heterocycles. The number of halogens is 5. The van der Waals surface area contributed by atoms with E-state index in [0.29, 0.717) is 0 Å². The SMILES string of the molecule is O=C(Nc1nnccc1C(F)(F)F)C1CC1(Cl)Cl. The number of carbonyl (C=O) groups excluding carboxylic acids is 1. The van der Waals surface area contributed by atoms with Gasteiger partial charge < -0.3 is 5.32 Å². The van der Waals surface area contributed by atoms with Crippen LogP contribution in [0.2, 0.25) is 0 Å². The summed E-state index contributed by atoms with van der Waals surface area (Å²) in [5.41, 5.74) is -1.07. The Morgan fingerprint density at radius 1 is 1.50 bits per heavy atom. The molecule has 1 aromatic rings. The van der Waals surface area contributed by atoms with Gasteiger partial charge in [-0.1, -0.05) is 0 Å². The Balaban J connectivity index is 2.18. The van der Waals surface area contributed by atoms with E-state index in [1.54, 1.807) is 0 Å². The lowest BCUT2D eigenvalue weighted by atomic mass is 10.2. The summed E-state index contributed by atoms with van der Waals surface area (Å²) in [6.07, 6.45) is -3.53. The zero-order valence-electron chi connectivity index (χ0n) is 8.63. The number of anilines is 1. The summed E-state index contributed by atoms with van der Waals surface area (Å²) in [6.45, 7) is 0. The number of carbonyl (C=O) groups is 1. The number of aromatic nitrogens is 2. The molecule has 0 aromatic carbocycles. The van der Waals surface area contributed by atoms with E-state index >= 15 is 0 Å². The van der Waals surface area contributed by atoms with E-state index in [4.69, 9.17) is 23.2 Å². The highest BCUT2D eigenvalue weighted by Crippen LogP contribution is 2.53. The maximum absolute atomic E-state index is 12.6. The topological polar surface area (TPSA) is 54.9 Å². The lowest BCUT2D eigenvalue weighted by Crippen LogP contribution is -2.21. The van der Waals surface area contributed by atoms with Gasteiger partial charge in [0.25, 0.3) is 0 Å². The van der Waals surface area contributed by atoms with Crippen molar-refractivity contribution in [1.29, 1.82) is 0 Å². The molecule has 18 heavy (non-hydrogen) atoms. The van der Waals surface area contributed by atoms with Gasteiger partial charge in [0.1, 0.15) is 9.90 Å². The molecular formula is C9H6Cl2F3N3O. The van der Waals surface area contributed by atoms with Crippen molar-refractivity contribution in [3.63, 3.8) is 0 Å². The lowest BCUT2D eigenvalue weighted by Gasteiger charge is -2.11. The zero-order chi connectivity index (χ0) is 13.6. The molecule has 1 unspecified atom stereocenters. The van der Waals surface area contributed by atoms with Crippen LogP contribution in [0.4, 0.5) is 19.0 Å². The van der Waals surface area contributed by atoms with Gasteiger partial charge in [0.2, 0.25) is 5.91 Å². The number of nitrogens with zero attached hydrogens (tertiary/aromatic N) is 2. The molecular weight excluding hydrogens is 294 g/mol. The first-order valence-electron chi connectivity index (χ1n) is 4.79. The number of hydrogen-bond donors (Lipinski definition) is 1. The molecule has 1 atom stereocenters. The third-order valence-electron chi connectivity index (χ3n) is 2.41. The van der Waals surface area contributed by atoms with Crippen molar-refractivity contribution in [3.05, 3.63) is 17.8 Å². The Bertz CT molecular complexity index is 492. The van der Waals surface area contributed by atoms with Crippen LogP contribution in [0.5, 0.6) is 0 Å². The minimum Gasteiger partial charge on any atom is -0.308 e. The van der Waals surface area contributed by atoms with Crippen molar-refractivity contribution in [3.8, 4) is 0 Å². The zero-order valence-corrected chi connectivity index (χ0v) is 10.1. The minimum atomic E-state index is -4.62. The molecule has 98 valence electrons. The third kappa shape index (κ3) is 2.67. The second-order valence-electron chi connectivity index (χ2n) is 3.80. The maximum atomic E-state index is 12.6. The van der Waals surface area contributed by atoms with Crippen LogP contribution in [0.3, 0.4) is 0 Å². The first-order chi connectivity index (χ1) is 8.22. The molecule has 9 heteroatoms. The summed E-state index contributed by atoms with van der Waals surface area (Å²) in [5, 5.41) is 8.59. The van der Waals surface area contributed by atoms with Crippen molar-refractivity contribution >= 4 is 34.9 Å². The molecule has 0 aliphatic heterocycles. The highest BCUT2D eigenvalue weighted by atomic mass is 35.5. The van der Waals surface area contributed by atoms with Gasteiger partial charge >= 0.3 is 6.18 Å². The summed E-state index contributed by atoms with van der Waals surface area (Å²) in [4.78, 5) is 11.6. The average molecular weight is 300 g/mol. The molecule has 0 bridgehead atoms. The van der Waals surface area contributed by atoms with Crippen molar-refractivity contribution in [2.75, 3.05) is 5.32 Å². The monoisotopic (exact) mass is 299 g/mol. The molecule has 1 aliphatic rings. The van der Waals surface area contributed by atoms with Crippen LogP contribution in [0, 0.1) is 5.92 Å². The highest BCUT2D eigenvalue weighted by Gasteiger charge is 2.56. The van der Waals surface area contributed by atoms with E-state index in [0.717, 1.165) is 12.3 Å². The molecule has 1 fully saturated rings. The lowest BCUT2D eigenvalue weighted by molar-refractivity contribution is -0.137. The van der Waals surface area contributed by atoms with Crippen LogP contribution in [0.1, 0.15) is 12.0 Å². The van der Waals surface area contributed by atoms with E-state index < -0.39 is 33.7 Å². The Hall–Kier alpha value is -1.08. The molecule has 1 heterocycles. The number of nitrogens with one attached hydrogen (secondary N) is 1. The van der Waals surface area contributed by atoms with E-state index in [1.807, 2.05) is 5.32 Å². The molecule has 0 spiro atoms. The van der Waals surface area contributed by atoms with Gasteiger partial charge in [0, 0.05) is 0 Å². The first kappa shape index (κ1) is 13.4. The van der Waals surface area contributed by atoms with Crippen LogP contribution >= 0.6 is 23.2 Å². The second kappa shape index (κ2) is 4.24. The average Bonchev–Trinajstić information content (AvgIpc) is 2.87. The number of rotatable bonds is 2. The summed E-state index contributed by atoms with van der Waals surface area (Å²) >= 11 is 11.3. The van der Waals surface area contributed by atoms with E-state index in [9.17, 15) is 18.0 Å². The van der Waals surface area contributed by atoms with Crippen LogP contribution in [-0.4, -0.2) is 20.4 Å². The standard InChI is InChI=1S/C9H6Cl2F3N3O/c10-8(11)3-5(8)7(18)16-6-4(9(12,13)14)1-2-15-17-6/h1-2,5H,3H2,(H,16,17,18). The van der Waals surface area contributed by atoms with Crippen molar-refractivity contribution in [2.24, 2.45) is 5.92 Å². The molecule has 4 nitrogen and oxygen atoms in total.